The Labute approximate surface area is 98.3 Å². The van der Waals surface area contributed by atoms with Crippen molar-refractivity contribution in [1.82, 2.24) is 0 Å². The van der Waals surface area contributed by atoms with Crippen LogP contribution in [0.1, 0.15) is 0 Å². The molecule has 1 aromatic rings. The fourth-order valence-corrected chi connectivity index (χ4v) is 1.29. The third-order valence-corrected chi connectivity index (χ3v) is 2.16. The first kappa shape index (κ1) is 14.3. The number of alkyl halides is 3. The standard InChI is InChI=1S/C7H6BrF3N2O.ClH/c8-6-4(13-12)2-1-3-5(6)14-7(9,10)11;/h1-3,13H,12H2;1H. The Balaban J connectivity index is 0.00000196. The van der Waals surface area contributed by atoms with Gasteiger partial charge in [-0.15, -0.1) is 25.6 Å². The predicted molar refractivity (Wildman–Crippen MR) is 55.9 cm³/mol. The maximum Gasteiger partial charge on any atom is 0.573 e. The lowest BCUT2D eigenvalue weighted by atomic mass is 10.3. The van der Waals surface area contributed by atoms with Crippen LogP contribution < -0.4 is 16.0 Å². The van der Waals surface area contributed by atoms with Gasteiger partial charge in [0.1, 0.15) is 5.75 Å². The van der Waals surface area contributed by atoms with Crippen LogP contribution in [-0.2, 0) is 0 Å². The second kappa shape index (κ2) is 5.43. The summed E-state index contributed by atoms with van der Waals surface area (Å²) in [6.45, 7) is 0. The van der Waals surface area contributed by atoms with E-state index in [4.69, 9.17) is 5.84 Å². The number of nitrogens with one attached hydrogen (secondary N) is 1. The Morgan fingerprint density at radius 3 is 2.40 bits per heavy atom. The molecule has 0 amide bonds. The van der Waals surface area contributed by atoms with Crippen molar-refractivity contribution in [3.05, 3.63) is 22.7 Å². The first-order valence-corrected chi connectivity index (χ1v) is 4.24. The number of rotatable bonds is 2. The summed E-state index contributed by atoms with van der Waals surface area (Å²) in [6.07, 6.45) is -4.71. The first-order valence-electron chi connectivity index (χ1n) is 3.45. The minimum atomic E-state index is -4.71. The van der Waals surface area contributed by atoms with E-state index in [1.54, 1.807) is 0 Å². The maximum atomic E-state index is 11.9. The molecule has 8 heteroatoms. The molecule has 1 rings (SSSR count). The fraction of sp³-hybridized carbons (Fsp3) is 0.143. The monoisotopic (exact) mass is 306 g/mol. The number of ether oxygens (including phenoxy) is 1. The summed E-state index contributed by atoms with van der Waals surface area (Å²) in [5.41, 5.74) is 2.54. The summed E-state index contributed by atoms with van der Waals surface area (Å²) >= 11 is 2.93. The number of hydrogen-bond acceptors (Lipinski definition) is 3. The van der Waals surface area contributed by atoms with E-state index in [0.29, 0.717) is 5.69 Å². The van der Waals surface area contributed by atoms with Gasteiger partial charge in [0.25, 0.3) is 0 Å². The smallest absolute Gasteiger partial charge is 0.405 e. The topological polar surface area (TPSA) is 47.3 Å². The highest BCUT2D eigenvalue weighted by molar-refractivity contribution is 9.10. The number of nitrogen functional groups attached to an aromatic ring is 1. The molecule has 86 valence electrons. The van der Waals surface area contributed by atoms with Gasteiger partial charge < -0.3 is 10.2 Å². The van der Waals surface area contributed by atoms with Crippen molar-refractivity contribution in [1.29, 1.82) is 0 Å². The molecule has 0 heterocycles. The van der Waals surface area contributed by atoms with Crippen molar-refractivity contribution in [2.45, 2.75) is 6.36 Å². The van der Waals surface area contributed by atoms with Crippen LogP contribution in [0, 0.1) is 0 Å². The van der Waals surface area contributed by atoms with E-state index in [0.717, 1.165) is 0 Å². The summed E-state index contributed by atoms with van der Waals surface area (Å²) in [5, 5.41) is 0. The summed E-state index contributed by atoms with van der Waals surface area (Å²) in [4.78, 5) is 0. The van der Waals surface area contributed by atoms with Gasteiger partial charge >= 0.3 is 6.36 Å². The van der Waals surface area contributed by atoms with Crippen molar-refractivity contribution >= 4 is 34.0 Å². The van der Waals surface area contributed by atoms with Crippen LogP contribution in [0.25, 0.3) is 0 Å². The van der Waals surface area contributed by atoms with Crippen molar-refractivity contribution < 1.29 is 17.9 Å². The number of hydrogen-bond donors (Lipinski definition) is 2. The Morgan fingerprint density at radius 1 is 1.33 bits per heavy atom. The molecule has 0 bridgehead atoms. The van der Waals surface area contributed by atoms with Gasteiger partial charge in [-0.05, 0) is 28.1 Å². The maximum absolute atomic E-state index is 11.9. The number of hydrazine groups is 1. The van der Waals surface area contributed by atoms with Crippen molar-refractivity contribution in [3.8, 4) is 5.75 Å². The lowest BCUT2D eigenvalue weighted by Gasteiger charge is -2.12. The molecule has 0 saturated carbocycles. The summed E-state index contributed by atoms with van der Waals surface area (Å²) in [6, 6.07) is 4.08. The largest absolute Gasteiger partial charge is 0.573 e. The molecule has 0 aliphatic carbocycles. The summed E-state index contributed by atoms with van der Waals surface area (Å²) in [7, 11) is 0. The van der Waals surface area contributed by atoms with Crippen molar-refractivity contribution in [2.24, 2.45) is 5.84 Å². The highest BCUT2D eigenvalue weighted by atomic mass is 79.9. The molecule has 3 N–H and O–H groups in total. The normalized spacial score (nSPS) is 10.5. The lowest BCUT2D eigenvalue weighted by Crippen LogP contribution is -2.18. The Kier molecular flexibility index (Phi) is 5.19. The van der Waals surface area contributed by atoms with E-state index in [9.17, 15) is 13.2 Å². The number of halogens is 5. The molecule has 0 radical (unpaired) electrons. The molecular formula is C7H7BrClF3N2O. The third kappa shape index (κ3) is 4.15. The number of benzene rings is 1. The van der Waals surface area contributed by atoms with Crippen LogP contribution in [0.15, 0.2) is 22.7 Å². The fourth-order valence-electron chi connectivity index (χ4n) is 0.826. The predicted octanol–water partition coefficient (Wildman–Crippen LogP) is 3.06. The van der Waals surface area contributed by atoms with E-state index < -0.39 is 6.36 Å². The van der Waals surface area contributed by atoms with Gasteiger partial charge in [-0.3, -0.25) is 5.84 Å². The van der Waals surface area contributed by atoms with Gasteiger partial charge in [-0.2, -0.15) is 0 Å². The molecule has 0 aliphatic heterocycles. The van der Waals surface area contributed by atoms with Crippen LogP contribution in [0.2, 0.25) is 0 Å². The third-order valence-electron chi connectivity index (χ3n) is 1.34. The van der Waals surface area contributed by atoms with Crippen molar-refractivity contribution in [3.63, 3.8) is 0 Å². The van der Waals surface area contributed by atoms with Crippen LogP contribution in [-0.4, -0.2) is 6.36 Å². The molecule has 1 aromatic carbocycles. The molecule has 0 fully saturated rings. The SMILES string of the molecule is Cl.NNc1cccc(OC(F)(F)F)c1Br. The minimum Gasteiger partial charge on any atom is -0.405 e. The molecule has 0 spiro atoms. The van der Waals surface area contributed by atoms with E-state index in [2.05, 4.69) is 26.1 Å². The van der Waals surface area contributed by atoms with E-state index in [-0.39, 0.29) is 22.6 Å². The van der Waals surface area contributed by atoms with E-state index in [1.165, 1.54) is 18.2 Å². The van der Waals surface area contributed by atoms with Crippen LogP contribution in [0.5, 0.6) is 5.75 Å². The van der Waals surface area contributed by atoms with Crippen LogP contribution in [0.4, 0.5) is 18.9 Å². The number of nitrogens with two attached hydrogens (primary N) is 1. The van der Waals surface area contributed by atoms with Crippen molar-refractivity contribution in [2.75, 3.05) is 5.43 Å². The highest BCUT2D eigenvalue weighted by Crippen LogP contribution is 2.35. The van der Waals surface area contributed by atoms with Gasteiger partial charge in [0.2, 0.25) is 0 Å². The molecular weight excluding hydrogens is 300 g/mol. The van der Waals surface area contributed by atoms with Gasteiger partial charge in [0.15, 0.2) is 0 Å². The van der Waals surface area contributed by atoms with Gasteiger partial charge in [-0.1, -0.05) is 6.07 Å². The lowest BCUT2D eigenvalue weighted by molar-refractivity contribution is -0.274. The molecule has 0 saturated heterocycles. The minimum absolute atomic E-state index is 0. The molecule has 3 nitrogen and oxygen atoms in total. The number of anilines is 1. The Hall–Kier alpha value is -0.660. The van der Waals surface area contributed by atoms with Gasteiger partial charge in [0, 0.05) is 0 Å². The average Bonchev–Trinajstić information content (AvgIpc) is 2.06. The molecule has 0 unspecified atom stereocenters. The van der Waals surface area contributed by atoms with E-state index in [1.807, 2.05) is 0 Å². The average molecular weight is 307 g/mol. The summed E-state index contributed by atoms with van der Waals surface area (Å²) < 4.78 is 39.4. The Bertz CT molecular complexity index is 335. The molecule has 0 aromatic heterocycles. The van der Waals surface area contributed by atoms with Crippen LogP contribution in [0.3, 0.4) is 0 Å². The first-order chi connectivity index (χ1) is 6.44. The zero-order chi connectivity index (χ0) is 10.8. The molecule has 15 heavy (non-hydrogen) atoms. The van der Waals surface area contributed by atoms with Gasteiger partial charge in [0.05, 0.1) is 10.2 Å². The Morgan fingerprint density at radius 2 is 1.93 bits per heavy atom. The molecule has 0 atom stereocenters. The van der Waals surface area contributed by atoms with Gasteiger partial charge in [-0.25, -0.2) is 0 Å². The second-order valence-electron chi connectivity index (χ2n) is 2.31. The van der Waals surface area contributed by atoms with E-state index >= 15 is 0 Å². The summed E-state index contributed by atoms with van der Waals surface area (Å²) in [5.74, 6) is 4.73. The zero-order valence-corrected chi connectivity index (χ0v) is 9.54. The quantitative estimate of drug-likeness (QED) is 0.652. The second-order valence-corrected chi connectivity index (χ2v) is 3.10. The highest BCUT2D eigenvalue weighted by Gasteiger charge is 2.32. The zero-order valence-electron chi connectivity index (χ0n) is 7.14. The van der Waals surface area contributed by atoms with Crippen LogP contribution >= 0.6 is 28.3 Å². The molecule has 0 aliphatic rings.